The summed E-state index contributed by atoms with van der Waals surface area (Å²) in [5, 5.41) is 3.68. The zero-order valence-corrected chi connectivity index (χ0v) is 10.5. The van der Waals surface area contributed by atoms with Gasteiger partial charge in [-0.15, -0.1) is 0 Å². The van der Waals surface area contributed by atoms with Crippen LogP contribution in [-0.4, -0.2) is 11.6 Å². The van der Waals surface area contributed by atoms with Gasteiger partial charge in [0.1, 0.15) is 12.4 Å². The SMILES string of the molecule is NC(=O)C1=NOCc2cc(-c3ccc(F)cc3)ccc21. The summed E-state index contributed by atoms with van der Waals surface area (Å²) in [5.41, 5.74) is 8.68. The van der Waals surface area contributed by atoms with Gasteiger partial charge in [0.05, 0.1) is 0 Å². The Balaban J connectivity index is 2.04. The van der Waals surface area contributed by atoms with E-state index in [2.05, 4.69) is 5.16 Å². The minimum Gasteiger partial charge on any atom is -0.390 e. The van der Waals surface area contributed by atoms with Crippen LogP contribution >= 0.6 is 0 Å². The molecule has 0 atom stereocenters. The normalized spacial score (nSPS) is 13.2. The van der Waals surface area contributed by atoms with Crippen molar-refractivity contribution in [2.75, 3.05) is 0 Å². The zero-order valence-electron chi connectivity index (χ0n) is 10.5. The molecule has 1 amide bonds. The van der Waals surface area contributed by atoms with Crippen LogP contribution in [0.4, 0.5) is 4.39 Å². The molecule has 0 radical (unpaired) electrons. The molecule has 1 heterocycles. The fraction of sp³-hybridized carbons (Fsp3) is 0.0667. The summed E-state index contributed by atoms with van der Waals surface area (Å²) in [7, 11) is 0. The fourth-order valence-corrected chi connectivity index (χ4v) is 2.16. The lowest BCUT2D eigenvalue weighted by atomic mass is 9.96. The summed E-state index contributed by atoms with van der Waals surface area (Å²) in [6, 6.07) is 11.7. The van der Waals surface area contributed by atoms with Crippen LogP contribution in [0.1, 0.15) is 11.1 Å². The first-order valence-electron chi connectivity index (χ1n) is 6.04. The molecule has 2 aromatic rings. The Morgan fingerprint density at radius 3 is 2.55 bits per heavy atom. The molecule has 1 aliphatic heterocycles. The first kappa shape index (κ1) is 12.3. The Labute approximate surface area is 114 Å². The monoisotopic (exact) mass is 270 g/mol. The van der Waals surface area contributed by atoms with E-state index in [1.165, 1.54) is 12.1 Å². The number of nitrogens with two attached hydrogens (primary N) is 1. The number of rotatable bonds is 2. The molecule has 3 rings (SSSR count). The summed E-state index contributed by atoms with van der Waals surface area (Å²) in [6.07, 6.45) is 0. The Hall–Kier alpha value is -2.69. The van der Waals surface area contributed by atoms with Crippen LogP contribution in [0.5, 0.6) is 0 Å². The number of primary amides is 1. The summed E-state index contributed by atoms with van der Waals surface area (Å²) >= 11 is 0. The van der Waals surface area contributed by atoms with Crippen LogP contribution in [0.15, 0.2) is 47.6 Å². The Morgan fingerprint density at radius 1 is 1.15 bits per heavy atom. The molecule has 100 valence electrons. The molecule has 0 spiro atoms. The number of carbonyl (C=O) groups is 1. The molecule has 0 saturated carbocycles. The van der Waals surface area contributed by atoms with Gasteiger partial charge < -0.3 is 10.6 Å². The average molecular weight is 270 g/mol. The summed E-state index contributed by atoms with van der Waals surface area (Å²) in [4.78, 5) is 16.3. The molecule has 2 aromatic carbocycles. The highest BCUT2D eigenvalue weighted by Crippen LogP contribution is 2.25. The van der Waals surface area contributed by atoms with Crippen molar-refractivity contribution in [3.63, 3.8) is 0 Å². The summed E-state index contributed by atoms with van der Waals surface area (Å²) in [5.74, 6) is -0.904. The van der Waals surface area contributed by atoms with Gasteiger partial charge in [0.25, 0.3) is 5.91 Å². The third-order valence-electron chi connectivity index (χ3n) is 3.15. The number of hydrogen-bond acceptors (Lipinski definition) is 3. The summed E-state index contributed by atoms with van der Waals surface area (Å²) in [6.45, 7) is 0.279. The lowest BCUT2D eigenvalue weighted by Gasteiger charge is -2.15. The van der Waals surface area contributed by atoms with E-state index in [1.807, 2.05) is 12.1 Å². The number of halogens is 1. The van der Waals surface area contributed by atoms with Crippen LogP contribution in [0.2, 0.25) is 0 Å². The molecule has 4 nitrogen and oxygen atoms in total. The van der Waals surface area contributed by atoms with Crippen molar-refractivity contribution in [1.29, 1.82) is 0 Å². The van der Waals surface area contributed by atoms with Crippen molar-refractivity contribution in [3.05, 3.63) is 59.4 Å². The predicted molar refractivity (Wildman–Crippen MR) is 72.4 cm³/mol. The molecule has 2 N–H and O–H groups in total. The fourth-order valence-electron chi connectivity index (χ4n) is 2.16. The number of carbonyl (C=O) groups excluding carboxylic acids is 1. The second kappa shape index (κ2) is 4.77. The average Bonchev–Trinajstić information content (AvgIpc) is 2.46. The molecular weight excluding hydrogens is 259 g/mol. The molecule has 0 fully saturated rings. The Kier molecular flexibility index (Phi) is 2.95. The van der Waals surface area contributed by atoms with Gasteiger partial charge in [-0.25, -0.2) is 4.39 Å². The van der Waals surface area contributed by atoms with Crippen molar-refractivity contribution < 1.29 is 14.0 Å². The third-order valence-corrected chi connectivity index (χ3v) is 3.15. The Morgan fingerprint density at radius 2 is 1.85 bits per heavy atom. The van der Waals surface area contributed by atoms with Gasteiger partial charge in [-0.05, 0) is 29.3 Å². The number of amides is 1. The van der Waals surface area contributed by atoms with E-state index in [9.17, 15) is 9.18 Å². The van der Waals surface area contributed by atoms with Gasteiger partial charge >= 0.3 is 0 Å². The second-order valence-corrected chi connectivity index (χ2v) is 4.46. The maximum absolute atomic E-state index is 12.9. The first-order valence-corrected chi connectivity index (χ1v) is 6.04. The minimum atomic E-state index is -0.625. The lowest BCUT2D eigenvalue weighted by molar-refractivity contribution is -0.112. The molecule has 5 heteroatoms. The highest BCUT2D eigenvalue weighted by atomic mass is 19.1. The first-order chi connectivity index (χ1) is 9.65. The largest absolute Gasteiger partial charge is 0.390 e. The molecular formula is C15H11FN2O2. The van der Waals surface area contributed by atoms with E-state index in [4.69, 9.17) is 10.6 Å². The van der Waals surface area contributed by atoms with Crippen LogP contribution < -0.4 is 5.73 Å². The van der Waals surface area contributed by atoms with Crippen LogP contribution in [0, 0.1) is 5.82 Å². The van der Waals surface area contributed by atoms with Crippen molar-refractivity contribution in [2.45, 2.75) is 6.61 Å². The van der Waals surface area contributed by atoms with E-state index < -0.39 is 5.91 Å². The quantitative estimate of drug-likeness (QED) is 0.909. The predicted octanol–water partition coefficient (Wildman–Crippen LogP) is 2.21. The topological polar surface area (TPSA) is 64.7 Å². The van der Waals surface area contributed by atoms with Gasteiger partial charge in [-0.3, -0.25) is 4.79 Å². The summed E-state index contributed by atoms with van der Waals surface area (Å²) < 4.78 is 12.9. The molecule has 20 heavy (non-hydrogen) atoms. The molecule has 0 bridgehead atoms. The lowest BCUT2D eigenvalue weighted by Crippen LogP contribution is -2.27. The molecule has 0 saturated heterocycles. The number of benzene rings is 2. The van der Waals surface area contributed by atoms with Crippen molar-refractivity contribution in [2.24, 2.45) is 10.9 Å². The minimum absolute atomic E-state index is 0.122. The molecule has 0 unspecified atom stereocenters. The Bertz CT molecular complexity index is 708. The van der Waals surface area contributed by atoms with E-state index in [0.717, 1.165) is 16.7 Å². The zero-order chi connectivity index (χ0) is 14.1. The highest BCUT2D eigenvalue weighted by molar-refractivity contribution is 6.45. The van der Waals surface area contributed by atoms with E-state index in [-0.39, 0.29) is 18.1 Å². The highest BCUT2D eigenvalue weighted by Gasteiger charge is 2.20. The van der Waals surface area contributed by atoms with Gasteiger partial charge in [-0.2, -0.15) is 0 Å². The van der Waals surface area contributed by atoms with Crippen molar-refractivity contribution >= 4 is 11.6 Å². The van der Waals surface area contributed by atoms with E-state index in [1.54, 1.807) is 18.2 Å². The standard InChI is InChI=1S/C15H11FN2O2/c16-12-4-1-9(2-5-12)10-3-6-13-11(7-10)8-20-18-14(13)15(17)19/h1-7H,8H2,(H2,17,19). The second-order valence-electron chi connectivity index (χ2n) is 4.46. The van der Waals surface area contributed by atoms with Crippen molar-refractivity contribution in [1.82, 2.24) is 0 Å². The van der Waals surface area contributed by atoms with Crippen LogP contribution in [0.25, 0.3) is 11.1 Å². The molecule has 0 aliphatic carbocycles. The van der Waals surface area contributed by atoms with Gasteiger partial charge in [0.2, 0.25) is 0 Å². The van der Waals surface area contributed by atoms with Gasteiger partial charge in [0, 0.05) is 11.1 Å². The van der Waals surface area contributed by atoms with E-state index in [0.29, 0.717) is 5.56 Å². The van der Waals surface area contributed by atoms with Crippen molar-refractivity contribution in [3.8, 4) is 11.1 Å². The number of oxime groups is 1. The third kappa shape index (κ3) is 2.14. The maximum atomic E-state index is 12.9. The number of fused-ring (bicyclic) bond motifs is 1. The number of nitrogens with zero attached hydrogens (tertiary/aromatic N) is 1. The number of hydrogen-bond donors (Lipinski definition) is 1. The van der Waals surface area contributed by atoms with Gasteiger partial charge in [-0.1, -0.05) is 29.4 Å². The smallest absolute Gasteiger partial charge is 0.271 e. The van der Waals surface area contributed by atoms with E-state index >= 15 is 0 Å². The maximum Gasteiger partial charge on any atom is 0.271 e. The molecule has 0 aromatic heterocycles. The molecule has 1 aliphatic rings. The van der Waals surface area contributed by atoms with Crippen LogP contribution in [-0.2, 0) is 16.2 Å². The van der Waals surface area contributed by atoms with Gasteiger partial charge in [0.15, 0.2) is 5.71 Å². The van der Waals surface area contributed by atoms with Crippen LogP contribution in [0.3, 0.4) is 0 Å².